The van der Waals surface area contributed by atoms with Crippen molar-refractivity contribution in [3.8, 4) is 0 Å². The van der Waals surface area contributed by atoms with Crippen LogP contribution in [0.2, 0.25) is 0 Å². The molecule has 15 heavy (non-hydrogen) atoms. The third-order valence-corrected chi connectivity index (χ3v) is 2.15. The number of rotatable bonds is 1. The molecule has 76 valence electrons. The Kier molecular flexibility index (Phi) is 2.33. The van der Waals surface area contributed by atoms with Crippen LogP contribution in [-0.4, -0.2) is 15.9 Å². The fourth-order valence-electron chi connectivity index (χ4n) is 1.46. The number of hydrogen-bond donors (Lipinski definition) is 1. The molecule has 0 aliphatic rings. The van der Waals surface area contributed by atoms with Crippen LogP contribution in [0.4, 0.5) is 5.82 Å². The number of nitrogens with zero attached hydrogens (tertiary/aromatic N) is 2. The molecule has 0 spiro atoms. The van der Waals surface area contributed by atoms with Crippen LogP contribution in [0.1, 0.15) is 12.6 Å². The predicted octanol–water partition coefficient (Wildman–Crippen LogP) is 1.90. The summed E-state index contributed by atoms with van der Waals surface area (Å²) in [4.78, 5) is 19.2. The number of fused-ring (bicyclic) bond motifs is 1. The van der Waals surface area contributed by atoms with Gasteiger partial charge in [0.05, 0.1) is 0 Å². The van der Waals surface area contributed by atoms with E-state index in [1.165, 1.54) is 6.92 Å². The van der Waals surface area contributed by atoms with E-state index in [1.807, 2.05) is 19.1 Å². The van der Waals surface area contributed by atoms with Gasteiger partial charge in [-0.25, -0.2) is 4.98 Å². The molecule has 1 amide bonds. The molecule has 0 atom stereocenters. The van der Waals surface area contributed by atoms with Crippen LogP contribution in [0.5, 0.6) is 0 Å². The van der Waals surface area contributed by atoms with Crippen LogP contribution < -0.4 is 5.32 Å². The van der Waals surface area contributed by atoms with Gasteiger partial charge < -0.3 is 5.32 Å². The van der Waals surface area contributed by atoms with E-state index in [1.54, 1.807) is 12.4 Å². The molecule has 0 saturated carbocycles. The molecule has 2 heterocycles. The van der Waals surface area contributed by atoms with Crippen molar-refractivity contribution in [2.75, 3.05) is 5.32 Å². The molecule has 0 fully saturated rings. The number of anilines is 1. The van der Waals surface area contributed by atoms with E-state index in [4.69, 9.17) is 0 Å². The van der Waals surface area contributed by atoms with Crippen LogP contribution in [-0.2, 0) is 4.79 Å². The quantitative estimate of drug-likeness (QED) is 0.766. The van der Waals surface area contributed by atoms with Gasteiger partial charge in [0.25, 0.3) is 0 Å². The lowest BCUT2D eigenvalue weighted by atomic mass is 10.2. The first kappa shape index (κ1) is 9.58. The Labute approximate surface area is 87.4 Å². The number of hydrogen-bond acceptors (Lipinski definition) is 3. The summed E-state index contributed by atoms with van der Waals surface area (Å²) in [6.45, 7) is 3.39. The van der Waals surface area contributed by atoms with E-state index in [2.05, 4.69) is 15.3 Å². The highest BCUT2D eigenvalue weighted by molar-refractivity contribution is 5.91. The zero-order valence-corrected chi connectivity index (χ0v) is 8.61. The van der Waals surface area contributed by atoms with Crippen molar-refractivity contribution in [3.05, 3.63) is 30.2 Å². The van der Waals surface area contributed by atoms with Gasteiger partial charge in [-0.3, -0.25) is 9.78 Å². The van der Waals surface area contributed by atoms with Gasteiger partial charge in [-0.2, -0.15) is 0 Å². The molecular weight excluding hydrogens is 190 g/mol. The van der Waals surface area contributed by atoms with Crippen molar-refractivity contribution >= 4 is 22.5 Å². The molecule has 4 nitrogen and oxygen atoms in total. The number of carbonyl (C=O) groups excluding carboxylic acids is 1. The second-order valence-electron chi connectivity index (χ2n) is 3.37. The Morgan fingerprint density at radius 1 is 1.40 bits per heavy atom. The highest BCUT2D eigenvalue weighted by Crippen LogP contribution is 2.17. The number of aryl methyl sites for hydroxylation is 1. The first-order chi connectivity index (χ1) is 7.16. The zero-order valence-electron chi connectivity index (χ0n) is 8.61. The lowest BCUT2D eigenvalue weighted by Gasteiger charge is -2.04. The maximum atomic E-state index is 10.9. The predicted molar refractivity (Wildman–Crippen MR) is 58.6 cm³/mol. The molecule has 2 rings (SSSR count). The Balaban J connectivity index is 2.52. The molecule has 0 aliphatic carbocycles. The number of aromatic nitrogens is 2. The average molecular weight is 201 g/mol. The minimum Gasteiger partial charge on any atom is -0.311 e. The van der Waals surface area contributed by atoms with Crippen molar-refractivity contribution in [1.82, 2.24) is 9.97 Å². The second-order valence-corrected chi connectivity index (χ2v) is 3.37. The third-order valence-electron chi connectivity index (χ3n) is 2.15. The SMILES string of the molecule is CC(=O)Nc1cc2ccnc(C)c2cn1. The van der Waals surface area contributed by atoms with E-state index in [-0.39, 0.29) is 5.91 Å². The summed E-state index contributed by atoms with van der Waals surface area (Å²) >= 11 is 0. The van der Waals surface area contributed by atoms with Gasteiger partial charge in [-0.1, -0.05) is 0 Å². The minimum atomic E-state index is -0.118. The monoisotopic (exact) mass is 201 g/mol. The standard InChI is InChI=1S/C11H11N3O/c1-7-10-6-13-11(14-8(2)15)5-9(10)3-4-12-7/h3-6H,1-2H3,(H,13,14,15). The van der Waals surface area contributed by atoms with Crippen molar-refractivity contribution in [2.45, 2.75) is 13.8 Å². The Bertz CT molecular complexity index is 522. The molecule has 0 aromatic carbocycles. The summed E-state index contributed by atoms with van der Waals surface area (Å²) in [5.41, 5.74) is 0.939. The Hall–Kier alpha value is -1.97. The molecular formula is C11H11N3O. The highest BCUT2D eigenvalue weighted by Gasteiger charge is 2.01. The number of amides is 1. The highest BCUT2D eigenvalue weighted by atomic mass is 16.1. The number of pyridine rings is 2. The normalized spacial score (nSPS) is 10.3. The first-order valence-corrected chi connectivity index (χ1v) is 4.66. The van der Waals surface area contributed by atoms with Crippen LogP contribution in [0.15, 0.2) is 24.5 Å². The summed E-state index contributed by atoms with van der Waals surface area (Å²) < 4.78 is 0. The van der Waals surface area contributed by atoms with Crippen LogP contribution >= 0.6 is 0 Å². The lowest BCUT2D eigenvalue weighted by Crippen LogP contribution is -2.07. The van der Waals surface area contributed by atoms with Gasteiger partial charge in [-0.05, 0) is 24.4 Å². The molecule has 0 radical (unpaired) electrons. The molecule has 0 bridgehead atoms. The largest absolute Gasteiger partial charge is 0.311 e. The number of nitrogens with one attached hydrogen (secondary N) is 1. The Morgan fingerprint density at radius 3 is 2.93 bits per heavy atom. The fourth-order valence-corrected chi connectivity index (χ4v) is 1.46. The van der Waals surface area contributed by atoms with Gasteiger partial charge in [-0.15, -0.1) is 0 Å². The number of carbonyl (C=O) groups is 1. The van der Waals surface area contributed by atoms with Crippen LogP contribution in [0, 0.1) is 6.92 Å². The summed E-state index contributed by atoms with van der Waals surface area (Å²) in [6, 6.07) is 3.74. The van der Waals surface area contributed by atoms with Gasteiger partial charge in [0.2, 0.25) is 5.91 Å². The summed E-state index contributed by atoms with van der Waals surface area (Å²) in [5, 5.41) is 4.68. The van der Waals surface area contributed by atoms with Gasteiger partial charge in [0.1, 0.15) is 5.82 Å². The molecule has 2 aromatic rings. The molecule has 0 unspecified atom stereocenters. The molecule has 1 N–H and O–H groups in total. The minimum absolute atomic E-state index is 0.118. The molecule has 0 saturated heterocycles. The lowest BCUT2D eigenvalue weighted by molar-refractivity contribution is -0.114. The summed E-state index contributed by atoms with van der Waals surface area (Å²) in [6.07, 6.45) is 3.47. The Morgan fingerprint density at radius 2 is 2.20 bits per heavy atom. The van der Waals surface area contributed by atoms with E-state index >= 15 is 0 Å². The van der Waals surface area contributed by atoms with E-state index < -0.39 is 0 Å². The summed E-state index contributed by atoms with van der Waals surface area (Å²) in [7, 11) is 0. The van der Waals surface area contributed by atoms with Crippen LogP contribution in [0.3, 0.4) is 0 Å². The van der Waals surface area contributed by atoms with Crippen molar-refractivity contribution in [2.24, 2.45) is 0 Å². The van der Waals surface area contributed by atoms with Crippen molar-refractivity contribution in [3.63, 3.8) is 0 Å². The topological polar surface area (TPSA) is 54.9 Å². The van der Waals surface area contributed by atoms with Gasteiger partial charge in [0.15, 0.2) is 0 Å². The van der Waals surface area contributed by atoms with Gasteiger partial charge >= 0.3 is 0 Å². The summed E-state index contributed by atoms with van der Waals surface area (Å²) in [5.74, 6) is 0.452. The van der Waals surface area contributed by atoms with Crippen molar-refractivity contribution < 1.29 is 4.79 Å². The van der Waals surface area contributed by atoms with Crippen molar-refractivity contribution in [1.29, 1.82) is 0 Å². The van der Waals surface area contributed by atoms with Crippen LogP contribution in [0.25, 0.3) is 10.8 Å². The fraction of sp³-hybridized carbons (Fsp3) is 0.182. The molecule has 2 aromatic heterocycles. The third kappa shape index (κ3) is 1.93. The van der Waals surface area contributed by atoms with E-state index in [0.29, 0.717) is 5.82 Å². The first-order valence-electron chi connectivity index (χ1n) is 4.66. The smallest absolute Gasteiger partial charge is 0.222 e. The van der Waals surface area contributed by atoms with E-state index in [9.17, 15) is 4.79 Å². The second kappa shape index (κ2) is 3.65. The van der Waals surface area contributed by atoms with Gasteiger partial charge in [0, 0.05) is 30.4 Å². The molecule has 0 aliphatic heterocycles. The zero-order chi connectivity index (χ0) is 10.8. The average Bonchev–Trinajstić information content (AvgIpc) is 2.17. The maximum absolute atomic E-state index is 10.9. The maximum Gasteiger partial charge on any atom is 0.222 e. The molecule has 4 heteroatoms. The van der Waals surface area contributed by atoms with E-state index in [0.717, 1.165) is 16.5 Å².